The van der Waals surface area contributed by atoms with Gasteiger partial charge in [-0.3, -0.25) is 9.59 Å². The van der Waals surface area contributed by atoms with Crippen LogP contribution in [0.25, 0.3) is 10.9 Å². The molecule has 1 heterocycles. The fourth-order valence-electron chi connectivity index (χ4n) is 4.30. The first-order chi connectivity index (χ1) is 17.9. The first-order valence-corrected chi connectivity index (χ1v) is 13.3. The van der Waals surface area contributed by atoms with E-state index in [-0.39, 0.29) is 18.4 Å². The van der Waals surface area contributed by atoms with Gasteiger partial charge >= 0.3 is 0 Å². The van der Waals surface area contributed by atoms with E-state index in [0.717, 1.165) is 28.5 Å². The maximum Gasteiger partial charge on any atom is 0.254 e. The highest BCUT2D eigenvalue weighted by atomic mass is 35.5. The van der Waals surface area contributed by atoms with Crippen LogP contribution in [0.5, 0.6) is 0 Å². The zero-order valence-corrected chi connectivity index (χ0v) is 22.8. The Morgan fingerprint density at radius 3 is 2.35 bits per heavy atom. The van der Waals surface area contributed by atoms with Gasteiger partial charge in [-0.2, -0.15) is 0 Å². The molecule has 0 unspecified atom stereocenters. The average Bonchev–Trinajstić information content (AvgIpc) is 3.31. The summed E-state index contributed by atoms with van der Waals surface area (Å²) in [5.41, 5.74) is 3.56. The molecule has 0 spiro atoms. The Morgan fingerprint density at radius 2 is 1.62 bits per heavy atom. The number of nitrogens with zero attached hydrogens (tertiary/aromatic N) is 2. The zero-order valence-electron chi connectivity index (χ0n) is 20.5. The van der Waals surface area contributed by atoms with Gasteiger partial charge < -0.3 is 14.8 Å². The average molecular weight is 557 g/mol. The van der Waals surface area contributed by atoms with E-state index in [1.807, 2.05) is 37.4 Å². The molecule has 0 bridgehead atoms. The Labute approximate surface area is 231 Å². The molecule has 1 N–H and O–H groups in total. The number of benzene rings is 3. The molecular formula is C29H28Cl3N3O2. The fraction of sp³-hybridized carbons (Fsp3) is 0.241. The molecule has 0 aliphatic heterocycles. The number of rotatable bonds is 10. The Morgan fingerprint density at radius 1 is 0.865 bits per heavy atom. The standard InChI is InChI=1S/C29H28Cl3N3O2/c1-2-14-35(29(37)21-8-10-23(30)11-9-21)19-28(36)34(18-20-7-12-25(31)26(32)16-20)15-13-22-17-33-27-6-4-3-5-24(22)27/h3-12,16-17,33H,2,13-15,18-19H2,1H3. The van der Waals surface area contributed by atoms with Gasteiger partial charge in [-0.15, -0.1) is 0 Å². The van der Waals surface area contributed by atoms with Crippen LogP contribution in [0.1, 0.15) is 34.8 Å². The Balaban J connectivity index is 1.55. The van der Waals surface area contributed by atoms with E-state index in [1.54, 1.807) is 46.2 Å². The summed E-state index contributed by atoms with van der Waals surface area (Å²) in [4.78, 5) is 33.5. The minimum Gasteiger partial charge on any atom is -0.361 e. The molecule has 8 heteroatoms. The van der Waals surface area contributed by atoms with Crippen LogP contribution in [0.15, 0.2) is 72.9 Å². The van der Waals surface area contributed by atoms with Crippen molar-refractivity contribution in [3.8, 4) is 0 Å². The van der Waals surface area contributed by atoms with Crippen LogP contribution in [-0.2, 0) is 17.8 Å². The lowest BCUT2D eigenvalue weighted by Crippen LogP contribution is -2.43. The van der Waals surface area contributed by atoms with Gasteiger partial charge in [0.15, 0.2) is 0 Å². The number of fused-ring (bicyclic) bond motifs is 1. The maximum absolute atomic E-state index is 13.6. The number of hydrogen-bond donors (Lipinski definition) is 1. The molecule has 0 radical (unpaired) electrons. The highest BCUT2D eigenvalue weighted by Crippen LogP contribution is 2.24. The van der Waals surface area contributed by atoms with Crippen LogP contribution >= 0.6 is 34.8 Å². The molecule has 1 aromatic heterocycles. The molecular weight excluding hydrogens is 529 g/mol. The number of hydrogen-bond acceptors (Lipinski definition) is 2. The Kier molecular flexibility index (Phi) is 9.14. The molecule has 37 heavy (non-hydrogen) atoms. The Bertz CT molecular complexity index is 1380. The largest absolute Gasteiger partial charge is 0.361 e. The van der Waals surface area contributed by atoms with Gasteiger partial charge in [-0.1, -0.05) is 66.0 Å². The topological polar surface area (TPSA) is 56.4 Å². The van der Waals surface area contributed by atoms with Crippen molar-refractivity contribution >= 4 is 57.5 Å². The molecule has 4 rings (SSSR count). The number of nitrogens with one attached hydrogen (secondary N) is 1. The third-order valence-electron chi connectivity index (χ3n) is 6.23. The van der Waals surface area contributed by atoms with Gasteiger partial charge in [0.1, 0.15) is 6.54 Å². The molecule has 5 nitrogen and oxygen atoms in total. The number of amides is 2. The van der Waals surface area contributed by atoms with Gasteiger partial charge in [-0.05, 0) is 66.4 Å². The first-order valence-electron chi connectivity index (χ1n) is 12.2. The number of carbonyl (C=O) groups is 2. The highest BCUT2D eigenvalue weighted by molar-refractivity contribution is 6.42. The van der Waals surface area contributed by atoms with Gasteiger partial charge in [-0.25, -0.2) is 0 Å². The second-order valence-corrected chi connectivity index (χ2v) is 10.2. The third-order valence-corrected chi connectivity index (χ3v) is 7.23. The van der Waals surface area contributed by atoms with Crippen LogP contribution in [0.4, 0.5) is 0 Å². The van der Waals surface area contributed by atoms with Crippen LogP contribution in [0, 0.1) is 0 Å². The van der Waals surface area contributed by atoms with Crippen molar-refractivity contribution in [1.29, 1.82) is 0 Å². The van der Waals surface area contributed by atoms with Crippen molar-refractivity contribution in [2.45, 2.75) is 26.3 Å². The second-order valence-electron chi connectivity index (χ2n) is 8.91. The van der Waals surface area contributed by atoms with E-state index >= 15 is 0 Å². The van der Waals surface area contributed by atoms with Gasteiger partial charge in [0.2, 0.25) is 5.91 Å². The molecule has 3 aromatic carbocycles. The van der Waals surface area contributed by atoms with Crippen LogP contribution < -0.4 is 0 Å². The van der Waals surface area contributed by atoms with Crippen molar-refractivity contribution < 1.29 is 9.59 Å². The van der Waals surface area contributed by atoms with E-state index in [2.05, 4.69) is 11.1 Å². The lowest BCUT2D eigenvalue weighted by molar-refractivity contribution is -0.132. The highest BCUT2D eigenvalue weighted by Gasteiger charge is 2.23. The summed E-state index contributed by atoms with van der Waals surface area (Å²) in [6.07, 6.45) is 3.38. The number of H-pyrrole nitrogens is 1. The molecule has 0 aliphatic rings. The summed E-state index contributed by atoms with van der Waals surface area (Å²) >= 11 is 18.3. The van der Waals surface area contributed by atoms with Crippen molar-refractivity contribution in [2.75, 3.05) is 19.6 Å². The van der Waals surface area contributed by atoms with E-state index in [0.29, 0.717) is 46.7 Å². The number of para-hydroxylation sites is 1. The normalized spacial score (nSPS) is 11.0. The molecule has 0 fully saturated rings. The van der Waals surface area contributed by atoms with E-state index in [1.165, 1.54) is 0 Å². The molecule has 4 aromatic rings. The Hall–Kier alpha value is -2.99. The van der Waals surface area contributed by atoms with Crippen molar-refractivity contribution in [3.05, 3.63) is 105 Å². The predicted octanol–water partition coefficient (Wildman–Crippen LogP) is 7.25. The molecule has 192 valence electrons. The molecule has 2 amide bonds. The number of aromatic amines is 1. The van der Waals surface area contributed by atoms with E-state index < -0.39 is 0 Å². The maximum atomic E-state index is 13.6. The van der Waals surface area contributed by atoms with Crippen LogP contribution in [0.2, 0.25) is 15.1 Å². The van der Waals surface area contributed by atoms with Crippen molar-refractivity contribution in [1.82, 2.24) is 14.8 Å². The van der Waals surface area contributed by atoms with Crippen molar-refractivity contribution in [2.24, 2.45) is 0 Å². The summed E-state index contributed by atoms with van der Waals surface area (Å²) in [6, 6.07) is 20.2. The van der Waals surface area contributed by atoms with Crippen LogP contribution in [0.3, 0.4) is 0 Å². The van der Waals surface area contributed by atoms with Crippen LogP contribution in [-0.4, -0.2) is 46.2 Å². The third kappa shape index (κ3) is 6.86. The van der Waals surface area contributed by atoms with Crippen molar-refractivity contribution in [3.63, 3.8) is 0 Å². The first kappa shape index (κ1) is 27.1. The fourth-order valence-corrected chi connectivity index (χ4v) is 4.75. The number of carbonyl (C=O) groups excluding carboxylic acids is 2. The summed E-state index contributed by atoms with van der Waals surface area (Å²) in [5, 5.41) is 2.59. The van der Waals surface area contributed by atoms with E-state index in [4.69, 9.17) is 34.8 Å². The van der Waals surface area contributed by atoms with Gasteiger partial charge in [0.05, 0.1) is 10.0 Å². The summed E-state index contributed by atoms with van der Waals surface area (Å²) in [7, 11) is 0. The predicted molar refractivity (Wildman–Crippen MR) is 152 cm³/mol. The molecule has 0 aliphatic carbocycles. The monoisotopic (exact) mass is 555 g/mol. The summed E-state index contributed by atoms with van der Waals surface area (Å²) in [5.74, 6) is -0.334. The summed E-state index contributed by atoms with van der Waals surface area (Å²) in [6.45, 7) is 3.26. The second kappa shape index (κ2) is 12.5. The molecule has 0 atom stereocenters. The quantitative estimate of drug-likeness (QED) is 0.224. The zero-order chi connectivity index (χ0) is 26.4. The minimum absolute atomic E-state index is 0.0233. The van der Waals surface area contributed by atoms with Gasteiger partial charge in [0, 0.05) is 47.3 Å². The van der Waals surface area contributed by atoms with E-state index in [9.17, 15) is 9.59 Å². The molecule has 0 saturated carbocycles. The van der Waals surface area contributed by atoms with Gasteiger partial charge in [0.25, 0.3) is 5.91 Å². The summed E-state index contributed by atoms with van der Waals surface area (Å²) < 4.78 is 0. The number of halogens is 3. The molecule has 0 saturated heterocycles. The number of aromatic nitrogens is 1. The minimum atomic E-state index is -0.196. The SMILES string of the molecule is CCCN(CC(=O)N(CCc1c[nH]c2ccccc12)Cc1ccc(Cl)c(Cl)c1)C(=O)c1ccc(Cl)cc1. The lowest BCUT2D eigenvalue weighted by Gasteiger charge is -2.28. The smallest absolute Gasteiger partial charge is 0.254 e. The lowest BCUT2D eigenvalue weighted by atomic mass is 10.1.